The molecule has 0 aliphatic heterocycles. The molecule has 2 N–H and O–H groups in total. The van der Waals surface area contributed by atoms with Crippen molar-refractivity contribution in [2.24, 2.45) is 4.99 Å². The molecule has 0 atom stereocenters. The maximum Gasteiger partial charge on any atom is 0.191 e. The molecule has 3 heteroatoms. The number of benzene rings is 1. The van der Waals surface area contributed by atoms with Gasteiger partial charge in [0.15, 0.2) is 5.96 Å². The molecule has 0 unspecified atom stereocenters. The second-order valence-corrected chi connectivity index (χ2v) is 4.74. The molecule has 0 bridgehead atoms. The largest absolute Gasteiger partial charge is 0.357 e. The highest BCUT2D eigenvalue weighted by Gasteiger charge is 2.21. The van der Waals surface area contributed by atoms with Gasteiger partial charge in [-0.05, 0) is 37.3 Å². The fourth-order valence-electron chi connectivity index (χ4n) is 1.96. The molecule has 2 rings (SSSR count). The van der Waals surface area contributed by atoms with E-state index in [1.807, 2.05) is 0 Å². The Kier molecular flexibility index (Phi) is 4.62. The Bertz CT molecular complexity index is 408. The topological polar surface area (TPSA) is 36.4 Å². The number of aliphatic imine (C=N–C) groups is 1. The first-order valence-electron chi connectivity index (χ1n) is 6.95. The molecule has 0 amide bonds. The van der Waals surface area contributed by atoms with Crippen molar-refractivity contribution in [3.8, 4) is 0 Å². The summed E-state index contributed by atoms with van der Waals surface area (Å²) in [5.74, 6) is 0.950. The number of rotatable bonds is 5. The molecule has 3 nitrogen and oxygen atoms in total. The van der Waals surface area contributed by atoms with Crippen molar-refractivity contribution in [1.82, 2.24) is 10.6 Å². The molecule has 0 radical (unpaired) electrons. The smallest absolute Gasteiger partial charge is 0.191 e. The highest BCUT2D eigenvalue weighted by atomic mass is 15.2. The van der Waals surface area contributed by atoms with Gasteiger partial charge >= 0.3 is 0 Å². The number of hydrogen-bond acceptors (Lipinski definition) is 1. The van der Waals surface area contributed by atoms with Gasteiger partial charge in [0.25, 0.3) is 0 Å². The highest BCUT2D eigenvalue weighted by molar-refractivity contribution is 5.80. The molecule has 0 heterocycles. The van der Waals surface area contributed by atoms with Gasteiger partial charge in [0.2, 0.25) is 0 Å². The van der Waals surface area contributed by atoms with Crippen molar-refractivity contribution in [3.05, 3.63) is 35.4 Å². The van der Waals surface area contributed by atoms with Gasteiger partial charge in [0, 0.05) is 12.6 Å². The van der Waals surface area contributed by atoms with Crippen LogP contribution in [0.1, 0.15) is 37.8 Å². The summed E-state index contributed by atoms with van der Waals surface area (Å²) in [7, 11) is 0. The monoisotopic (exact) mass is 245 g/mol. The summed E-state index contributed by atoms with van der Waals surface area (Å²) in [6, 6.07) is 9.18. The quantitative estimate of drug-likeness (QED) is 0.617. The summed E-state index contributed by atoms with van der Waals surface area (Å²) < 4.78 is 0. The molecule has 18 heavy (non-hydrogen) atoms. The van der Waals surface area contributed by atoms with E-state index in [-0.39, 0.29) is 0 Å². The first kappa shape index (κ1) is 12.9. The molecule has 1 aliphatic carbocycles. The van der Waals surface area contributed by atoms with E-state index in [0.29, 0.717) is 6.04 Å². The molecular weight excluding hydrogens is 222 g/mol. The number of hydrogen-bond donors (Lipinski definition) is 2. The zero-order chi connectivity index (χ0) is 12.8. The van der Waals surface area contributed by atoms with Crippen molar-refractivity contribution in [3.63, 3.8) is 0 Å². The summed E-state index contributed by atoms with van der Waals surface area (Å²) in [6.45, 7) is 5.96. The van der Waals surface area contributed by atoms with Crippen molar-refractivity contribution in [1.29, 1.82) is 0 Å². The van der Waals surface area contributed by atoms with Crippen molar-refractivity contribution < 1.29 is 0 Å². The average molecular weight is 245 g/mol. The molecule has 0 aromatic heterocycles. The normalized spacial score (nSPS) is 15.6. The van der Waals surface area contributed by atoms with Gasteiger partial charge in [-0.3, -0.25) is 0 Å². The standard InChI is InChI=1S/C15H23N3/c1-3-12-7-5-6-8-13(12)11-17-15(16-4-2)18-14-9-10-14/h5-8,14H,3-4,9-11H2,1-2H3,(H2,16,17,18). The number of nitrogens with zero attached hydrogens (tertiary/aromatic N) is 1. The summed E-state index contributed by atoms with van der Waals surface area (Å²) >= 11 is 0. The molecule has 1 saturated carbocycles. The van der Waals surface area contributed by atoms with Crippen molar-refractivity contribution in [2.75, 3.05) is 6.54 Å². The number of guanidine groups is 1. The first-order chi connectivity index (χ1) is 8.83. The molecule has 1 aromatic rings. The highest BCUT2D eigenvalue weighted by Crippen LogP contribution is 2.18. The van der Waals surface area contributed by atoms with E-state index in [2.05, 4.69) is 53.7 Å². The Hall–Kier alpha value is -1.51. The predicted octanol–water partition coefficient (Wildman–Crippen LogP) is 2.47. The lowest BCUT2D eigenvalue weighted by molar-refractivity contribution is 0.810. The average Bonchev–Trinajstić information content (AvgIpc) is 3.20. The fraction of sp³-hybridized carbons (Fsp3) is 0.533. The second kappa shape index (κ2) is 6.43. The minimum atomic E-state index is 0.643. The summed E-state index contributed by atoms with van der Waals surface area (Å²) in [6.07, 6.45) is 3.62. The van der Waals surface area contributed by atoms with Crippen molar-refractivity contribution >= 4 is 5.96 Å². The zero-order valence-corrected chi connectivity index (χ0v) is 11.4. The van der Waals surface area contributed by atoms with Crippen molar-refractivity contribution in [2.45, 2.75) is 45.7 Å². The van der Waals surface area contributed by atoms with E-state index in [1.165, 1.54) is 24.0 Å². The molecule has 98 valence electrons. The van der Waals surface area contributed by atoms with E-state index in [4.69, 9.17) is 0 Å². The molecule has 1 fully saturated rings. The lowest BCUT2D eigenvalue weighted by Crippen LogP contribution is -2.38. The Morgan fingerprint density at radius 3 is 2.56 bits per heavy atom. The Morgan fingerprint density at radius 2 is 1.94 bits per heavy atom. The van der Waals surface area contributed by atoms with Gasteiger partial charge in [-0.2, -0.15) is 0 Å². The molecular formula is C15H23N3. The minimum Gasteiger partial charge on any atom is -0.357 e. The van der Waals surface area contributed by atoms with Crippen LogP contribution >= 0.6 is 0 Å². The van der Waals surface area contributed by atoms with Gasteiger partial charge < -0.3 is 10.6 Å². The van der Waals surface area contributed by atoms with E-state index < -0.39 is 0 Å². The van der Waals surface area contributed by atoms with Crippen LogP contribution in [0.5, 0.6) is 0 Å². The third-order valence-corrected chi connectivity index (χ3v) is 3.17. The zero-order valence-electron chi connectivity index (χ0n) is 11.4. The maximum atomic E-state index is 4.67. The van der Waals surface area contributed by atoms with Gasteiger partial charge in [-0.1, -0.05) is 31.2 Å². The van der Waals surface area contributed by atoms with Crippen LogP contribution in [0, 0.1) is 0 Å². The lowest BCUT2D eigenvalue weighted by atomic mass is 10.1. The van der Waals surface area contributed by atoms with Gasteiger partial charge in [-0.15, -0.1) is 0 Å². The maximum absolute atomic E-state index is 4.67. The summed E-state index contributed by atoms with van der Waals surface area (Å²) in [4.78, 5) is 4.67. The fourth-order valence-corrected chi connectivity index (χ4v) is 1.96. The minimum absolute atomic E-state index is 0.643. The van der Waals surface area contributed by atoms with E-state index in [0.717, 1.165) is 25.5 Å². The van der Waals surface area contributed by atoms with Crippen LogP contribution in [0.4, 0.5) is 0 Å². The van der Waals surface area contributed by atoms with Gasteiger partial charge in [-0.25, -0.2) is 4.99 Å². The van der Waals surface area contributed by atoms with Gasteiger partial charge in [0.05, 0.1) is 6.54 Å². The molecule has 1 aromatic carbocycles. The van der Waals surface area contributed by atoms with Gasteiger partial charge in [0.1, 0.15) is 0 Å². The number of aryl methyl sites for hydroxylation is 1. The van der Waals surface area contributed by atoms with E-state index >= 15 is 0 Å². The van der Waals surface area contributed by atoms with Crippen LogP contribution < -0.4 is 10.6 Å². The van der Waals surface area contributed by atoms with E-state index in [9.17, 15) is 0 Å². The third-order valence-electron chi connectivity index (χ3n) is 3.17. The van der Waals surface area contributed by atoms with E-state index in [1.54, 1.807) is 0 Å². The Morgan fingerprint density at radius 1 is 1.22 bits per heavy atom. The van der Waals surface area contributed by atoms with Crippen LogP contribution in [0.2, 0.25) is 0 Å². The third kappa shape index (κ3) is 3.76. The van der Waals surface area contributed by atoms with Crippen LogP contribution in [-0.4, -0.2) is 18.5 Å². The summed E-state index contributed by atoms with van der Waals surface area (Å²) in [5.41, 5.74) is 2.72. The molecule has 0 spiro atoms. The number of nitrogens with one attached hydrogen (secondary N) is 2. The first-order valence-corrected chi connectivity index (χ1v) is 6.95. The van der Waals surface area contributed by atoms with Crippen LogP contribution in [0.15, 0.2) is 29.3 Å². The second-order valence-electron chi connectivity index (χ2n) is 4.74. The predicted molar refractivity (Wildman–Crippen MR) is 76.8 cm³/mol. The Balaban J connectivity index is 2.00. The Labute approximate surface area is 110 Å². The lowest BCUT2D eigenvalue weighted by Gasteiger charge is -2.11. The van der Waals surface area contributed by atoms with Crippen LogP contribution in [-0.2, 0) is 13.0 Å². The summed E-state index contributed by atoms with van der Waals surface area (Å²) in [5, 5.41) is 6.74. The van der Waals surface area contributed by atoms with Crippen LogP contribution in [0.3, 0.4) is 0 Å². The van der Waals surface area contributed by atoms with Crippen LogP contribution in [0.25, 0.3) is 0 Å². The molecule has 1 aliphatic rings. The SMILES string of the molecule is CCNC(=NCc1ccccc1CC)NC1CC1. The molecule has 0 saturated heterocycles.